The highest BCUT2D eigenvalue weighted by molar-refractivity contribution is 5.92. The molecule has 1 heterocycles. The average Bonchev–Trinajstić information content (AvgIpc) is 2.81. The lowest BCUT2D eigenvalue weighted by molar-refractivity contribution is -0.117. The van der Waals surface area contributed by atoms with E-state index in [9.17, 15) is 9.18 Å². The van der Waals surface area contributed by atoms with Crippen LogP contribution in [0.15, 0.2) is 18.2 Å². The second-order valence-corrected chi connectivity index (χ2v) is 4.96. The van der Waals surface area contributed by atoms with Crippen LogP contribution in [0.4, 0.5) is 15.8 Å². The number of rotatable bonds is 4. The maximum Gasteiger partial charge on any atom is 0.238 e. The van der Waals surface area contributed by atoms with Gasteiger partial charge in [-0.05, 0) is 44.0 Å². The molecule has 1 amide bonds. The second kappa shape index (κ2) is 6.02. The van der Waals surface area contributed by atoms with Gasteiger partial charge in [-0.15, -0.1) is 0 Å². The molecule has 2 rings (SSSR count). The van der Waals surface area contributed by atoms with Crippen molar-refractivity contribution in [1.82, 2.24) is 4.90 Å². The standard InChI is InChI=1S/C14H20FN3O/c1-2-11-4-3-7-18(11)9-14(19)17-13-8-10(16)5-6-12(13)15/h5-6,8,11H,2-4,7,9,16H2,1H3,(H,17,19). The molecule has 0 aliphatic carbocycles. The molecule has 104 valence electrons. The lowest BCUT2D eigenvalue weighted by Crippen LogP contribution is -2.36. The van der Waals surface area contributed by atoms with Crippen molar-refractivity contribution in [2.75, 3.05) is 24.1 Å². The predicted octanol–water partition coefficient (Wildman–Crippen LogP) is 2.22. The number of halogens is 1. The molecular weight excluding hydrogens is 245 g/mol. The van der Waals surface area contributed by atoms with Gasteiger partial charge >= 0.3 is 0 Å². The van der Waals surface area contributed by atoms with Gasteiger partial charge < -0.3 is 11.1 Å². The molecule has 4 nitrogen and oxygen atoms in total. The highest BCUT2D eigenvalue weighted by Gasteiger charge is 2.24. The molecule has 1 aromatic carbocycles. The third-order valence-electron chi connectivity index (χ3n) is 3.58. The molecule has 0 aromatic heterocycles. The molecule has 0 spiro atoms. The zero-order chi connectivity index (χ0) is 13.8. The predicted molar refractivity (Wildman–Crippen MR) is 74.3 cm³/mol. The summed E-state index contributed by atoms with van der Waals surface area (Å²) in [4.78, 5) is 14.1. The zero-order valence-electron chi connectivity index (χ0n) is 11.2. The minimum absolute atomic E-state index is 0.150. The Balaban J connectivity index is 1.95. The summed E-state index contributed by atoms with van der Waals surface area (Å²) in [6.45, 7) is 3.37. The van der Waals surface area contributed by atoms with E-state index in [1.807, 2.05) is 0 Å². The molecule has 1 fully saturated rings. The molecule has 0 radical (unpaired) electrons. The molecule has 3 N–H and O–H groups in total. The maximum atomic E-state index is 13.5. The van der Waals surface area contributed by atoms with Crippen molar-refractivity contribution in [2.45, 2.75) is 32.2 Å². The molecule has 1 atom stereocenters. The summed E-state index contributed by atoms with van der Waals surface area (Å²) in [6, 6.07) is 4.64. The number of nitrogens with two attached hydrogens (primary N) is 1. The van der Waals surface area contributed by atoms with Crippen LogP contribution in [-0.4, -0.2) is 29.9 Å². The van der Waals surface area contributed by atoms with Crippen LogP contribution in [0.2, 0.25) is 0 Å². The molecule has 1 aromatic rings. The summed E-state index contributed by atoms with van der Waals surface area (Å²) >= 11 is 0. The van der Waals surface area contributed by atoms with E-state index in [0.717, 1.165) is 25.8 Å². The molecule has 1 aliphatic rings. The van der Waals surface area contributed by atoms with Crippen LogP contribution >= 0.6 is 0 Å². The first-order chi connectivity index (χ1) is 9.10. The Kier molecular flexibility index (Phi) is 4.37. The minimum Gasteiger partial charge on any atom is -0.399 e. The van der Waals surface area contributed by atoms with Crippen LogP contribution in [0.3, 0.4) is 0 Å². The number of amides is 1. The second-order valence-electron chi connectivity index (χ2n) is 4.96. The van der Waals surface area contributed by atoms with Crippen molar-refractivity contribution in [2.24, 2.45) is 0 Å². The smallest absolute Gasteiger partial charge is 0.238 e. The largest absolute Gasteiger partial charge is 0.399 e. The van der Waals surface area contributed by atoms with Crippen molar-refractivity contribution in [3.8, 4) is 0 Å². The Morgan fingerprint density at radius 2 is 2.37 bits per heavy atom. The van der Waals surface area contributed by atoms with Crippen molar-refractivity contribution in [1.29, 1.82) is 0 Å². The summed E-state index contributed by atoms with van der Waals surface area (Å²) < 4.78 is 13.5. The van der Waals surface area contributed by atoms with E-state index in [0.29, 0.717) is 18.3 Å². The summed E-state index contributed by atoms with van der Waals surface area (Å²) in [5, 5.41) is 2.59. The van der Waals surface area contributed by atoms with E-state index in [2.05, 4.69) is 17.1 Å². The summed E-state index contributed by atoms with van der Waals surface area (Å²) in [6.07, 6.45) is 3.30. The van der Waals surface area contributed by atoms with Gasteiger partial charge in [-0.3, -0.25) is 9.69 Å². The van der Waals surface area contributed by atoms with Crippen molar-refractivity contribution < 1.29 is 9.18 Å². The number of nitrogens with zero attached hydrogens (tertiary/aromatic N) is 1. The Hall–Kier alpha value is -1.62. The van der Waals surface area contributed by atoms with Crippen LogP contribution in [-0.2, 0) is 4.79 Å². The topological polar surface area (TPSA) is 58.4 Å². The summed E-state index contributed by atoms with van der Waals surface area (Å²) in [5.41, 5.74) is 6.17. The van der Waals surface area contributed by atoms with Gasteiger partial charge in [0.05, 0.1) is 12.2 Å². The molecule has 0 saturated carbocycles. The third kappa shape index (κ3) is 3.44. The van der Waals surface area contributed by atoms with Crippen LogP contribution in [0.1, 0.15) is 26.2 Å². The minimum atomic E-state index is -0.462. The van der Waals surface area contributed by atoms with Crippen LogP contribution < -0.4 is 11.1 Å². The Morgan fingerprint density at radius 1 is 1.58 bits per heavy atom. The van der Waals surface area contributed by atoms with E-state index >= 15 is 0 Å². The number of hydrogen-bond acceptors (Lipinski definition) is 3. The van der Waals surface area contributed by atoms with Gasteiger partial charge in [0.15, 0.2) is 0 Å². The molecule has 0 bridgehead atoms. The molecule has 1 aliphatic heterocycles. The first kappa shape index (κ1) is 13.8. The Morgan fingerprint density at radius 3 is 3.11 bits per heavy atom. The van der Waals surface area contributed by atoms with E-state index < -0.39 is 5.82 Å². The van der Waals surface area contributed by atoms with E-state index in [-0.39, 0.29) is 11.6 Å². The van der Waals surface area contributed by atoms with Crippen LogP contribution in [0, 0.1) is 5.82 Å². The van der Waals surface area contributed by atoms with Gasteiger partial charge in [0, 0.05) is 11.7 Å². The molecular formula is C14H20FN3O. The highest BCUT2D eigenvalue weighted by atomic mass is 19.1. The summed E-state index contributed by atoms with van der Waals surface area (Å²) in [5.74, 6) is -0.652. The average molecular weight is 265 g/mol. The molecule has 19 heavy (non-hydrogen) atoms. The fourth-order valence-electron chi connectivity index (χ4n) is 2.58. The highest BCUT2D eigenvalue weighted by Crippen LogP contribution is 2.20. The normalized spacial score (nSPS) is 19.6. The van der Waals surface area contributed by atoms with E-state index in [1.165, 1.54) is 18.2 Å². The monoisotopic (exact) mass is 265 g/mol. The first-order valence-corrected chi connectivity index (χ1v) is 6.69. The van der Waals surface area contributed by atoms with Crippen LogP contribution in [0.25, 0.3) is 0 Å². The number of likely N-dealkylation sites (tertiary alicyclic amines) is 1. The van der Waals surface area contributed by atoms with E-state index in [1.54, 1.807) is 0 Å². The van der Waals surface area contributed by atoms with Crippen molar-refractivity contribution in [3.05, 3.63) is 24.0 Å². The SMILES string of the molecule is CCC1CCCN1CC(=O)Nc1cc(N)ccc1F. The van der Waals surface area contributed by atoms with Crippen LogP contribution in [0.5, 0.6) is 0 Å². The van der Waals surface area contributed by atoms with E-state index in [4.69, 9.17) is 5.73 Å². The third-order valence-corrected chi connectivity index (χ3v) is 3.58. The van der Waals surface area contributed by atoms with Crippen molar-refractivity contribution >= 4 is 17.3 Å². The lowest BCUT2D eigenvalue weighted by atomic mass is 10.2. The number of carbonyl (C=O) groups is 1. The molecule has 5 heteroatoms. The Labute approximate surface area is 112 Å². The van der Waals surface area contributed by atoms with Gasteiger partial charge in [0.1, 0.15) is 5.82 Å². The fraction of sp³-hybridized carbons (Fsp3) is 0.500. The van der Waals surface area contributed by atoms with Gasteiger partial charge in [-0.1, -0.05) is 6.92 Å². The number of hydrogen-bond donors (Lipinski definition) is 2. The Bertz CT molecular complexity index is 464. The summed E-state index contributed by atoms with van der Waals surface area (Å²) in [7, 11) is 0. The van der Waals surface area contributed by atoms with Gasteiger partial charge in [-0.25, -0.2) is 4.39 Å². The fourth-order valence-corrected chi connectivity index (χ4v) is 2.58. The van der Waals surface area contributed by atoms with Gasteiger partial charge in [-0.2, -0.15) is 0 Å². The number of nitrogens with one attached hydrogen (secondary N) is 1. The molecule has 1 saturated heterocycles. The van der Waals surface area contributed by atoms with Gasteiger partial charge in [0.2, 0.25) is 5.91 Å². The first-order valence-electron chi connectivity index (χ1n) is 6.69. The van der Waals surface area contributed by atoms with Gasteiger partial charge in [0.25, 0.3) is 0 Å². The van der Waals surface area contributed by atoms with Crippen molar-refractivity contribution in [3.63, 3.8) is 0 Å². The number of carbonyl (C=O) groups excluding carboxylic acids is 1. The number of nitrogen functional groups attached to an aromatic ring is 1. The number of benzene rings is 1. The lowest BCUT2D eigenvalue weighted by Gasteiger charge is -2.22. The molecule has 1 unspecified atom stereocenters. The zero-order valence-corrected chi connectivity index (χ0v) is 11.2. The quantitative estimate of drug-likeness (QED) is 0.821. The maximum absolute atomic E-state index is 13.5. The number of anilines is 2.